The second-order valence-electron chi connectivity index (χ2n) is 3.14. The van der Waals surface area contributed by atoms with Crippen LogP contribution in [0.5, 0.6) is 0 Å². The molecule has 4 heteroatoms. The van der Waals surface area contributed by atoms with E-state index in [1.807, 2.05) is 0 Å². The number of hydrogen-bond acceptors (Lipinski definition) is 4. The minimum absolute atomic E-state index is 0.731. The van der Waals surface area contributed by atoms with Crippen LogP contribution in [0.25, 0.3) is 0 Å². The van der Waals surface area contributed by atoms with Crippen molar-refractivity contribution in [1.29, 1.82) is 0 Å². The maximum atomic E-state index is 5.36. The Morgan fingerprint density at radius 2 is 1.15 bits per heavy atom. The van der Waals surface area contributed by atoms with Gasteiger partial charge < -0.3 is 22.1 Å². The standard InChI is InChI=1S/C9H24N4/c10-4-3-8-12-6-1-2-7-13-9-5-11/h12-13H,1-11H2. The molecule has 0 aliphatic carbocycles. The number of unbranched alkanes of at least 4 members (excludes halogenated alkanes) is 1. The molecule has 0 spiro atoms. The molecular weight excluding hydrogens is 164 g/mol. The van der Waals surface area contributed by atoms with Crippen LogP contribution in [0.1, 0.15) is 19.3 Å². The number of nitrogens with two attached hydrogens (primary N) is 2. The lowest BCUT2D eigenvalue weighted by molar-refractivity contribution is 0.578. The van der Waals surface area contributed by atoms with Crippen LogP contribution in [-0.4, -0.2) is 39.3 Å². The largest absolute Gasteiger partial charge is 0.330 e. The predicted molar refractivity (Wildman–Crippen MR) is 57.7 cm³/mol. The van der Waals surface area contributed by atoms with E-state index in [0.717, 1.165) is 45.7 Å². The van der Waals surface area contributed by atoms with Crippen LogP contribution in [0.15, 0.2) is 0 Å². The highest BCUT2D eigenvalue weighted by atomic mass is 14.9. The summed E-state index contributed by atoms with van der Waals surface area (Å²) in [6.07, 6.45) is 3.52. The summed E-state index contributed by atoms with van der Waals surface area (Å²) >= 11 is 0. The first kappa shape index (κ1) is 12.8. The maximum absolute atomic E-state index is 5.36. The zero-order chi connectivity index (χ0) is 9.78. The molecule has 0 amide bonds. The van der Waals surface area contributed by atoms with Crippen LogP contribution in [0.4, 0.5) is 0 Å². The SMILES string of the molecule is NCCCNCCCCNCCN. The van der Waals surface area contributed by atoms with E-state index >= 15 is 0 Å². The van der Waals surface area contributed by atoms with Gasteiger partial charge in [-0.15, -0.1) is 0 Å². The summed E-state index contributed by atoms with van der Waals surface area (Å²) in [6.45, 7) is 5.67. The smallest absolute Gasteiger partial charge is 0.00745 e. The molecule has 0 unspecified atom stereocenters. The zero-order valence-corrected chi connectivity index (χ0v) is 8.52. The molecule has 13 heavy (non-hydrogen) atoms. The van der Waals surface area contributed by atoms with E-state index in [1.54, 1.807) is 0 Å². The Balaban J connectivity index is 2.76. The van der Waals surface area contributed by atoms with E-state index in [1.165, 1.54) is 12.8 Å². The lowest BCUT2D eigenvalue weighted by Gasteiger charge is -2.04. The number of rotatable bonds is 10. The van der Waals surface area contributed by atoms with Gasteiger partial charge in [-0.25, -0.2) is 0 Å². The zero-order valence-electron chi connectivity index (χ0n) is 8.52. The first-order valence-corrected chi connectivity index (χ1v) is 5.23. The molecule has 6 N–H and O–H groups in total. The maximum Gasteiger partial charge on any atom is 0.00745 e. The van der Waals surface area contributed by atoms with Crippen molar-refractivity contribution in [2.45, 2.75) is 19.3 Å². The highest BCUT2D eigenvalue weighted by molar-refractivity contribution is 4.52. The summed E-state index contributed by atoms with van der Waals surface area (Å²) in [7, 11) is 0. The van der Waals surface area contributed by atoms with Crippen molar-refractivity contribution in [3.63, 3.8) is 0 Å². The lowest BCUT2D eigenvalue weighted by Crippen LogP contribution is -2.24. The van der Waals surface area contributed by atoms with Crippen molar-refractivity contribution < 1.29 is 0 Å². The van der Waals surface area contributed by atoms with E-state index in [4.69, 9.17) is 11.5 Å². The van der Waals surface area contributed by atoms with Crippen LogP contribution in [0, 0.1) is 0 Å². The molecule has 0 bridgehead atoms. The fourth-order valence-electron chi connectivity index (χ4n) is 1.08. The van der Waals surface area contributed by atoms with Gasteiger partial charge in [0.05, 0.1) is 0 Å². The molecule has 0 fully saturated rings. The summed E-state index contributed by atoms with van der Waals surface area (Å²) in [5.74, 6) is 0. The van der Waals surface area contributed by atoms with Gasteiger partial charge >= 0.3 is 0 Å². The monoisotopic (exact) mass is 188 g/mol. The van der Waals surface area contributed by atoms with Crippen molar-refractivity contribution in [3.05, 3.63) is 0 Å². The summed E-state index contributed by atoms with van der Waals surface area (Å²) in [4.78, 5) is 0. The van der Waals surface area contributed by atoms with Crippen LogP contribution in [-0.2, 0) is 0 Å². The highest BCUT2D eigenvalue weighted by Crippen LogP contribution is 1.84. The Morgan fingerprint density at radius 3 is 1.69 bits per heavy atom. The molecule has 0 rings (SSSR count). The minimum atomic E-state index is 0.731. The molecule has 4 nitrogen and oxygen atoms in total. The summed E-state index contributed by atoms with van der Waals surface area (Å²) < 4.78 is 0. The van der Waals surface area contributed by atoms with E-state index in [-0.39, 0.29) is 0 Å². The van der Waals surface area contributed by atoms with E-state index < -0.39 is 0 Å². The topological polar surface area (TPSA) is 76.1 Å². The van der Waals surface area contributed by atoms with Crippen molar-refractivity contribution in [2.24, 2.45) is 11.5 Å². The van der Waals surface area contributed by atoms with Crippen LogP contribution < -0.4 is 22.1 Å². The molecule has 0 aliphatic heterocycles. The van der Waals surface area contributed by atoms with Gasteiger partial charge in [-0.05, 0) is 45.4 Å². The predicted octanol–water partition coefficient (Wildman–Crippen LogP) is -0.747. The van der Waals surface area contributed by atoms with Gasteiger partial charge in [0.15, 0.2) is 0 Å². The molecule has 0 aromatic rings. The third-order valence-electron chi connectivity index (χ3n) is 1.84. The lowest BCUT2D eigenvalue weighted by atomic mass is 10.3. The van der Waals surface area contributed by atoms with E-state index in [2.05, 4.69) is 10.6 Å². The second-order valence-corrected chi connectivity index (χ2v) is 3.14. The quantitative estimate of drug-likeness (QED) is 0.340. The van der Waals surface area contributed by atoms with Gasteiger partial charge in [-0.1, -0.05) is 0 Å². The Bertz CT molecular complexity index is 77.7. The molecule has 0 radical (unpaired) electrons. The van der Waals surface area contributed by atoms with Crippen molar-refractivity contribution >= 4 is 0 Å². The number of nitrogens with one attached hydrogen (secondary N) is 2. The first-order valence-electron chi connectivity index (χ1n) is 5.23. The fourth-order valence-corrected chi connectivity index (χ4v) is 1.08. The van der Waals surface area contributed by atoms with Gasteiger partial charge in [0.2, 0.25) is 0 Å². The summed E-state index contributed by atoms with van der Waals surface area (Å²) in [5.41, 5.74) is 10.7. The molecular formula is C9H24N4. The molecule has 0 heterocycles. The molecule has 0 saturated carbocycles. The summed E-state index contributed by atoms with van der Waals surface area (Å²) in [5, 5.41) is 6.61. The Morgan fingerprint density at radius 1 is 0.615 bits per heavy atom. The van der Waals surface area contributed by atoms with Gasteiger partial charge in [-0.3, -0.25) is 0 Å². The average Bonchev–Trinajstić information content (AvgIpc) is 2.16. The molecule has 80 valence electrons. The normalized spacial score (nSPS) is 10.6. The Hall–Kier alpha value is -0.160. The molecule has 0 saturated heterocycles. The third-order valence-corrected chi connectivity index (χ3v) is 1.84. The van der Waals surface area contributed by atoms with E-state index in [9.17, 15) is 0 Å². The molecule has 0 aromatic heterocycles. The van der Waals surface area contributed by atoms with Crippen LogP contribution in [0.2, 0.25) is 0 Å². The van der Waals surface area contributed by atoms with Crippen LogP contribution >= 0.6 is 0 Å². The fraction of sp³-hybridized carbons (Fsp3) is 1.00. The summed E-state index contributed by atoms with van der Waals surface area (Å²) in [6, 6.07) is 0. The van der Waals surface area contributed by atoms with Gasteiger partial charge in [0.1, 0.15) is 0 Å². The van der Waals surface area contributed by atoms with Gasteiger partial charge in [-0.2, -0.15) is 0 Å². The molecule has 0 atom stereocenters. The van der Waals surface area contributed by atoms with E-state index in [0.29, 0.717) is 0 Å². The van der Waals surface area contributed by atoms with Crippen LogP contribution in [0.3, 0.4) is 0 Å². The minimum Gasteiger partial charge on any atom is -0.330 e. The Kier molecular flexibility index (Phi) is 11.7. The number of hydrogen-bond donors (Lipinski definition) is 4. The first-order chi connectivity index (χ1) is 6.41. The molecule has 0 aromatic carbocycles. The van der Waals surface area contributed by atoms with Gasteiger partial charge in [0.25, 0.3) is 0 Å². The third kappa shape index (κ3) is 11.8. The molecule has 0 aliphatic rings. The second kappa shape index (κ2) is 11.8. The van der Waals surface area contributed by atoms with Gasteiger partial charge in [0, 0.05) is 13.1 Å². The van der Waals surface area contributed by atoms with Crippen molar-refractivity contribution in [1.82, 2.24) is 10.6 Å². The Labute approximate surface area is 81.4 Å². The van der Waals surface area contributed by atoms with Crippen molar-refractivity contribution in [3.8, 4) is 0 Å². The van der Waals surface area contributed by atoms with Crippen molar-refractivity contribution in [2.75, 3.05) is 39.3 Å². The highest BCUT2D eigenvalue weighted by Gasteiger charge is 1.88. The average molecular weight is 188 g/mol.